The minimum Gasteiger partial charge on any atom is -0.510 e. The highest BCUT2D eigenvalue weighted by Crippen LogP contribution is 2.24. The molecule has 4 rings (SSSR count). The fourth-order valence-corrected chi connectivity index (χ4v) is 3.51. The van der Waals surface area contributed by atoms with Crippen LogP contribution >= 0.6 is 11.8 Å². The number of thioether (sulfide) groups is 1. The Hall–Kier alpha value is -3.57. The van der Waals surface area contributed by atoms with Crippen LogP contribution in [0.25, 0.3) is 22.3 Å². The van der Waals surface area contributed by atoms with Crippen molar-refractivity contribution in [1.82, 2.24) is 24.3 Å². The van der Waals surface area contributed by atoms with Gasteiger partial charge in [0.25, 0.3) is 0 Å². The molecule has 0 aliphatic carbocycles. The average Bonchev–Trinajstić information content (AvgIpc) is 3.33. The van der Waals surface area contributed by atoms with Crippen molar-refractivity contribution in [3.8, 4) is 11.8 Å². The lowest BCUT2D eigenvalue weighted by Crippen LogP contribution is -2.01. The Kier molecular flexibility index (Phi) is 4.83. The van der Waals surface area contributed by atoms with Crippen LogP contribution in [0.1, 0.15) is 5.82 Å². The van der Waals surface area contributed by atoms with Crippen molar-refractivity contribution in [2.75, 3.05) is 5.75 Å². The summed E-state index contributed by atoms with van der Waals surface area (Å²) < 4.78 is 3.47. The predicted octanol–water partition coefficient (Wildman–Crippen LogP) is 3.74. The zero-order valence-corrected chi connectivity index (χ0v) is 15.8. The SMILES string of the molecule is Cn1c(/C(C#N)=C(\O)CSc2ncn(-c3ccccc3)n2)nc2ccccc21. The van der Waals surface area contributed by atoms with Gasteiger partial charge in [0, 0.05) is 7.05 Å². The lowest BCUT2D eigenvalue weighted by molar-refractivity contribution is 0.420. The summed E-state index contributed by atoms with van der Waals surface area (Å²) in [5, 5.41) is 25.0. The van der Waals surface area contributed by atoms with Crippen molar-refractivity contribution in [2.24, 2.45) is 7.05 Å². The Morgan fingerprint density at radius 3 is 2.64 bits per heavy atom. The molecule has 1 N–H and O–H groups in total. The van der Waals surface area contributed by atoms with Gasteiger partial charge in [0.1, 0.15) is 23.7 Å². The maximum Gasteiger partial charge on any atom is 0.209 e. The van der Waals surface area contributed by atoms with Crippen LogP contribution in [0, 0.1) is 11.3 Å². The van der Waals surface area contributed by atoms with Gasteiger partial charge in [-0.3, -0.25) is 0 Å². The van der Waals surface area contributed by atoms with Crippen molar-refractivity contribution >= 4 is 28.4 Å². The van der Waals surface area contributed by atoms with Crippen LogP contribution < -0.4 is 0 Å². The van der Waals surface area contributed by atoms with Gasteiger partial charge in [0.2, 0.25) is 5.16 Å². The summed E-state index contributed by atoms with van der Waals surface area (Å²) in [6.45, 7) is 0. The number of rotatable bonds is 5. The molecule has 7 nitrogen and oxygen atoms in total. The van der Waals surface area contributed by atoms with E-state index < -0.39 is 0 Å². The third kappa shape index (κ3) is 3.35. The molecule has 2 aromatic carbocycles. The number of hydrogen-bond acceptors (Lipinski definition) is 6. The van der Waals surface area contributed by atoms with E-state index in [9.17, 15) is 10.4 Å². The molecule has 0 saturated carbocycles. The molecule has 0 atom stereocenters. The van der Waals surface area contributed by atoms with E-state index in [1.54, 1.807) is 15.6 Å². The number of fused-ring (bicyclic) bond motifs is 1. The number of nitriles is 1. The number of hydrogen-bond donors (Lipinski definition) is 1. The molecular weight excluding hydrogens is 372 g/mol. The fraction of sp³-hybridized carbons (Fsp3) is 0.100. The average molecular weight is 388 g/mol. The zero-order valence-electron chi connectivity index (χ0n) is 15.0. The van der Waals surface area contributed by atoms with Crippen molar-refractivity contribution in [2.45, 2.75) is 5.16 Å². The second kappa shape index (κ2) is 7.58. The maximum absolute atomic E-state index is 10.5. The second-order valence-electron chi connectivity index (χ2n) is 6.01. The lowest BCUT2D eigenvalue weighted by Gasteiger charge is -2.04. The van der Waals surface area contributed by atoms with Gasteiger partial charge >= 0.3 is 0 Å². The van der Waals surface area contributed by atoms with Gasteiger partial charge < -0.3 is 9.67 Å². The molecule has 0 aliphatic heterocycles. The van der Waals surface area contributed by atoms with Crippen molar-refractivity contribution in [1.29, 1.82) is 5.26 Å². The Bertz CT molecular complexity index is 1200. The standard InChI is InChI=1S/C20H16N6OS/c1-25-17-10-6-5-9-16(17)23-19(25)15(11-21)18(27)12-28-20-22-13-26(24-20)14-7-3-2-4-8-14/h2-10,13,27H,12H2,1H3/b18-15-. The Labute approximate surface area is 165 Å². The number of aliphatic hydroxyl groups excluding tert-OH is 1. The molecule has 0 saturated heterocycles. The molecule has 8 heteroatoms. The number of nitrogens with zero attached hydrogens (tertiary/aromatic N) is 6. The number of aryl methyl sites for hydroxylation is 1. The molecule has 0 amide bonds. The summed E-state index contributed by atoms with van der Waals surface area (Å²) >= 11 is 1.26. The molecular formula is C20H16N6OS. The molecule has 2 aromatic heterocycles. The van der Waals surface area contributed by atoms with E-state index in [1.165, 1.54) is 11.8 Å². The molecule has 0 unspecified atom stereocenters. The van der Waals surface area contributed by atoms with Gasteiger partial charge in [0.05, 0.1) is 22.5 Å². The molecule has 0 bridgehead atoms. The number of aliphatic hydroxyl groups is 1. The number of allylic oxidation sites excluding steroid dienone is 1. The largest absolute Gasteiger partial charge is 0.510 e. The Morgan fingerprint density at radius 1 is 1.14 bits per heavy atom. The second-order valence-corrected chi connectivity index (χ2v) is 6.96. The molecule has 4 aromatic rings. The molecule has 0 radical (unpaired) electrons. The molecule has 0 fully saturated rings. The van der Waals surface area contributed by atoms with Crippen LogP contribution in [-0.4, -0.2) is 35.2 Å². The van der Waals surface area contributed by atoms with Gasteiger partial charge in [-0.15, -0.1) is 5.10 Å². The Balaban J connectivity index is 1.56. The van der Waals surface area contributed by atoms with E-state index >= 15 is 0 Å². The monoisotopic (exact) mass is 388 g/mol. The van der Waals surface area contributed by atoms with Crippen LogP contribution in [0.4, 0.5) is 0 Å². The summed E-state index contributed by atoms with van der Waals surface area (Å²) in [4.78, 5) is 8.73. The smallest absolute Gasteiger partial charge is 0.209 e. The maximum atomic E-state index is 10.5. The molecule has 28 heavy (non-hydrogen) atoms. The van der Waals surface area contributed by atoms with Gasteiger partial charge in [0.15, 0.2) is 5.82 Å². The van der Waals surface area contributed by atoms with Crippen LogP contribution in [0.2, 0.25) is 0 Å². The third-order valence-electron chi connectivity index (χ3n) is 4.24. The van der Waals surface area contributed by atoms with Crippen molar-refractivity contribution in [3.05, 3.63) is 72.5 Å². The van der Waals surface area contributed by atoms with E-state index in [0.717, 1.165) is 16.7 Å². The minimum absolute atomic E-state index is 0.0537. The topological polar surface area (TPSA) is 92.6 Å². The summed E-state index contributed by atoms with van der Waals surface area (Å²) in [5.41, 5.74) is 2.72. The zero-order chi connectivity index (χ0) is 19.5. The fourth-order valence-electron chi connectivity index (χ4n) is 2.84. The third-order valence-corrected chi connectivity index (χ3v) is 5.10. The van der Waals surface area contributed by atoms with Crippen LogP contribution in [0.15, 0.2) is 71.8 Å². The molecule has 0 spiro atoms. The highest BCUT2D eigenvalue weighted by Gasteiger charge is 2.17. The highest BCUT2D eigenvalue weighted by atomic mass is 32.2. The molecule has 2 heterocycles. The van der Waals surface area contributed by atoms with Crippen LogP contribution in [-0.2, 0) is 7.05 Å². The van der Waals surface area contributed by atoms with Gasteiger partial charge in [-0.25, -0.2) is 14.6 Å². The minimum atomic E-state index is -0.0537. The van der Waals surface area contributed by atoms with E-state index in [4.69, 9.17) is 0 Å². The quantitative estimate of drug-likeness (QED) is 0.318. The summed E-state index contributed by atoms with van der Waals surface area (Å²) in [7, 11) is 1.82. The Morgan fingerprint density at radius 2 is 1.89 bits per heavy atom. The lowest BCUT2D eigenvalue weighted by atomic mass is 10.2. The van der Waals surface area contributed by atoms with E-state index in [1.807, 2.05) is 61.6 Å². The molecule has 138 valence electrons. The van der Waals surface area contributed by atoms with E-state index in [2.05, 4.69) is 21.1 Å². The first kappa shape index (κ1) is 17.8. The highest BCUT2D eigenvalue weighted by molar-refractivity contribution is 7.99. The summed E-state index contributed by atoms with van der Waals surface area (Å²) in [6.07, 6.45) is 1.62. The predicted molar refractivity (Wildman–Crippen MR) is 108 cm³/mol. The first-order valence-electron chi connectivity index (χ1n) is 8.51. The first-order chi connectivity index (χ1) is 13.7. The van der Waals surface area contributed by atoms with E-state index in [-0.39, 0.29) is 17.1 Å². The summed E-state index contributed by atoms with van der Waals surface area (Å²) in [5.74, 6) is 0.553. The number of imidazole rings is 1. The normalized spacial score (nSPS) is 12.0. The number of aromatic nitrogens is 5. The van der Waals surface area contributed by atoms with Crippen LogP contribution in [0.3, 0.4) is 0 Å². The van der Waals surface area contributed by atoms with E-state index in [0.29, 0.717) is 11.0 Å². The van der Waals surface area contributed by atoms with Gasteiger partial charge in [-0.1, -0.05) is 42.1 Å². The van der Waals surface area contributed by atoms with Gasteiger partial charge in [-0.2, -0.15) is 5.26 Å². The van der Waals surface area contributed by atoms with Gasteiger partial charge in [-0.05, 0) is 24.3 Å². The summed E-state index contributed by atoms with van der Waals surface area (Å²) in [6, 6.07) is 19.3. The van der Waals surface area contributed by atoms with Crippen molar-refractivity contribution in [3.63, 3.8) is 0 Å². The first-order valence-corrected chi connectivity index (χ1v) is 9.50. The van der Waals surface area contributed by atoms with Crippen molar-refractivity contribution < 1.29 is 5.11 Å². The molecule has 0 aliphatic rings. The van der Waals surface area contributed by atoms with Crippen LogP contribution in [0.5, 0.6) is 0 Å². The number of benzene rings is 2. The number of para-hydroxylation sites is 3.